The second kappa shape index (κ2) is 11.8. The van der Waals surface area contributed by atoms with Crippen LogP contribution in [0.5, 0.6) is 0 Å². The van der Waals surface area contributed by atoms with Gasteiger partial charge in [-0.1, -0.05) is 46.3 Å². The average molecular weight is 437 g/mol. The average Bonchev–Trinajstić information content (AvgIpc) is 2.63. The number of carboxylic acids is 2. The Morgan fingerprint density at radius 3 is 2.04 bits per heavy atom. The summed E-state index contributed by atoms with van der Waals surface area (Å²) in [6, 6.07) is 17.9. The van der Waals surface area contributed by atoms with E-state index in [1.165, 1.54) is 5.56 Å². The van der Waals surface area contributed by atoms with Gasteiger partial charge in [0, 0.05) is 29.7 Å². The molecule has 0 spiro atoms. The van der Waals surface area contributed by atoms with Crippen molar-refractivity contribution in [2.45, 2.75) is 13.0 Å². The van der Waals surface area contributed by atoms with Gasteiger partial charge in [-0.2, -0.15) is 0 Å². The Balaban J connectivity index is 0.000000527. The molecule has 0 saturated carbocycles. The van der Waals surface area contributed by atoms with Crippen LogP contribution in [0.4, 0.5) is 5.69 Å². The lowest BCUT2D eigenvalue weighted by molar-refractivity contribution is -0.159. The summed E-state index contributed by atoms with van der Waals surface area (Å²) in [6.07, 6.45) is 0.486. The van der Waals surface area contributed by atoms with Gasteiger partial charge in [0.1, 0.15) is 0 Å². The minimum absolute atomic E-state index is 0.0391. The van der Waals surface area contributed by atoms with E-state index in [1.807, 2.05) is 49.5 Å². The first-order valence-electron chi connectivity index (χ1n) is 8.02. The van der Waals surface area contributed by atoms with Crippen molar-refractivity contribution in [2.24, 2.45) is 0 Å². The Bertz CT molecular complexity index is 738. The maximum absolute atomic E-state index is 11.9. The maximum Gasteiger partial charge on any atom is 0.414 e. The number of benzene rings is 2. The second-order valence-electron chi connectivity index (χ2n) is 5.64. The van der Waals surface area contributed by atoms with Crippen molar-refractivity contribution in [3.8, 4) is 0 Å². The van der Waals surface area contributed by atoms with Gasteiger partial charge in [-0.15, -0.1) is 0 Å². The van der Waals surface area contributed by atoms with E-state index in [0.29, 0.717) is 6.42 Å². The van der Waals surface area contributed by atoms with Crippen LogP contribution in [0.1, 0.15) is 12.0 Å². The van der Waals surface area contributed by atoms with Gasteiger partial charge in [-0.25, -0.2) is 9.59 Å². The third kappa shape index (κ3) is 10.1. The molecule has 0 fully saturated rings. The molecule has 2 rings (SSSR count). The Hall–Kier alpha value is -2.71. The highest BCUT2D eigenvalue weighted by Gasteiger charge is 2.06. The van der Waals surface area contributed by atoms with E-state index in [-0.39, 0.29) is 5.91 Å². The molecule has 0 aliphatic carbocycles. The van der Waals surface area contributed by atoms with Crippen molar-refractivity contribution < 1.29 is 24.6 Å². The molecule has 3 N–H and O–H groups in total. The fourth-order valence-corrected chi connectivity index (χ4v) is 2.29. The van der Waals surface area contributed by atoms with Gasteiger partial charge in [0.05, 0.1) is 0 Å². The van der Waals surface area contributed by atoms with Gasteiger partial charge in [-0.05, 0) is 36.9 Å². The summed E-state index contributed by atoms with van der Waals surface area (Å²) in [4.78, 5) is 32.3. The first-order chi connectivity index (χ1) is 12.8. The number of amides is 1. The molecule has 144 valence electrons. The predicted molar refractivity (Wildman–Crippen MR) is 105 cm³/mol. The van der Waals surface area contributed by atoms with E-state index in [9.17, 15) is 4.79 Å². The molecule has 1 amide bonds. The lowest BCUT2D eigenvalue weighted by atomic mass is 10.2. The Morgan fingerprint density at radius 2 is 1.52 bits per heavy atom. The van der Waals surface area contributed by atoms with Crippen molar-refractivity contribution in [3.05, 3.63) is 64.6 Å². The smallest absolute Gasteiger partial charge is 0.414 e. The van der Waals surface area contributed by atoms with Crippen molar-refractivity contribution >= 4 is 39.5 Å². The first kappa shape index (κ1) is 22.3. The monoisotopic (exact) mass is 436 g/mol. The molecule has 8 heteroatoms. The van der Waals surface area contributed by atoms with Gasteiger partial charge in [0.25, 0.3) is 0 Å². The second-order valence-corrected chi connectivity index (χ2v) is 6.55. The van der Waals surface area contributed by atoms with E-state index in [2.05, 4.69) is 38.3 Å². The fraction of sp³-hybridized carbons (Fsp3) is 0.211. The van der Waals surface area contributed by atoms with Gasteiger partial charge in [0.15, 0.2) is 0 Å². The number of nitrogens with one attached hydrogen (secondary N) is 1. The summed E-state index contributed by atoms with van der Waals surface area (Å²) < 4.78 is 1.00. The van der Waals surface area contributed by atoms with Crippen molar-refractivity contribution in [2.75, 3.05) is 18.9 Å². The lowest BCUT2D eigenvalue weighted by Crippen LogP contribution is -2.24. The van der Waals surface area contributed by atoms with E-state index >= 15 is 0 Å². The van der Waals surface area contributed by atoms with Gasteiger partial charge in [0.2, 0.25) is 5.91 Å². The minimum atomic E-state index is -1.82. The molecule has 0 unspecified atom stereocenters. The van der Waals surface area contributed by atoms with Gasteiger partial charge >= 0.3 is 11.9 Å². The SMILES string of the molecule is CN(CCC(=O)Nc1ccc(Br)cc1)Cc1ccccc1.O=C(O)C(=O)O. The quantitative estimate of drug-likeness (QED) is 0.600. The minimum Gasteiger partial charge on any atom is -0.473 e. The predicted octanol–water partition coefficient (Wildman–Crippen LogP) is 3.07. The van der Waals surface area contributed by atoms with E-state index in [0.717, 1.165) is 23.2 Å². The standard InChI is InChI=1S/C17H19BrN2O.C2H2O4/c1-20(13-14-5-3-2-4-6-14)12-11-17(21)19-16-9-7-15(18)8-10-16;3-1(4)2(5)6/h2-10H,11-13H2,1H3,(H,19,21);(H,3,4)(H,5,6). The zero-order valence-electron chi connectivity index (χ0n) is 14.8. The molecule has 0 saturated heterocycles. The van der Waals surface area contributed by atoms with Crippen molar-refractivity contribution in [1.29, 1.82) is 0 Å². The number of anilines is 1. The van der Waals surface area contributed by atoms with E-state index in [1.54, 1.807) is 0 Å². The maximum atomic E-state index is 11.9. The highest BCUT2D eigenvalue weighted by atomic mass is 79.9. The summed E-state index contributed by atoms with van der Waals surface area (Å²) in [7, 11) is 2.03. The molecule has 0 bridgehead atoms. The Kier molecular flexibility index (Phi) is 9.78. The number of hydrogen-bond donors (Lipinski definition) is 3. The third-order valence-corrected chi connectivity index (χ3v) is 3.86. The topological polar surface area (TPSA) is 107 Å². The molecule has 0 aromatic heterocycles. The highest BCUT2D eigenvalue weighted by molar-refractivity contribution is 9.10. The normalized spacial score (nSPS) is 9.89. The van der Waals surface area contributed by atoms with Crippen LogP contribution in [0, 0.1) is 0 Å². The summed E-state index contributed by atoms with van der Waals surface area (Å²) in [5, 5.41) is 17.7. The van der Waals surface area contributed by atoms with E-state index in [4.69, 9.17) is 19.8 Å². The molecule has 0 atom stereocenters. The molecule has 2 aromatic carbocycles. The van der Waals surface area contributed by atoms with Crippen LogP contribution in [0.15, 0.2) is 59.1 Å². The molecule has 0 radical (unpaired) electrons. The van der Waals surface area contributed by atoms with Gasteiger partial charge < -0.3 is 20.4 Å². The van der Waals surface area contributed by atoms with Crippen LogP contribution >= 0.6 is 15.9 Å². The van der Waals surface area contributed by atoms with Crippen LogP contribution in [0.25, 0.3) is 0 Å². The summed E-state index contributed by atoms with van der Waals surface area (Å²) in [5.74, 6) is -3.61. The fourth-order valence-electron chi connectivity index (χ4n) is 2.02. The van der Waals surface area contributed by atoms with Gasteiger partial charge in [-0.3, -0.25) is 4.79 Å². The Morgan fingerprint density at radius 1 is 0.963 bits per heavy atom. The number of rotatable bonds is 6. The van der Waals surface area contributed by atoms with Crippen LogP contribution < -0.4 is 5.32 Å². The molecule has 27 heavy (non-hydrogen) atoms. The van der Waals surface area contributed by atoms with Crippen molar-refractivity contribution in [3.63, 3.8) is 0 Å². The summed E-state index contributed by atoms with van der Waals surface area (Å²) in [5.41, 5.74) is 2.09. The lowest BCUT2D eigenvalue weighted by Gasteiger charge is -2.16. The van der Waals surface area contributed by atoms with E-state index < -0.39 is 11.9 Å². The van der Waals surface area contributed by atoms with Crippen molar-refractivity contribution in [1.82, 2.24) is 4.90 Å². The molecule has 0 aliphatic heterocycles. The molecule has 2 aromatic rings. The number of carbonyl (C=O) groups is 3. The molecule has 7 nitrogen and oxygen atoms in total. The number of carboxylic acid groups (broad SMARTS) is 2. The largest absolute Gasteiger partial charge is 0.473 e. The zero-order valence-corrected chi connectivity index (χ0v) is 16.3. The molecular weight excluding hydrogens is 416 g/mol. The number of halogens is 1. The number of hydrogen-bond acceptors (Lipinski definition) is 4. The molecular formula is C19H21BrN2O5. The summed E-state index contributed by atoms with van der Waals surface area (Å²) >= 11 is 3.37. The number of carbonyl (C=O) groups excluding carboxylic acids is 1. The van der Waals surface area contributed by atoms with Crippen LogP contribution in [-0.2, 0) is 20.9 Å². The van der Waals surface area contributed by atoms with Crippen LogP contribution in [0.3, 0.4) is 0 Å². The van der Waals surface area contributed by atoms with Crippen LogP contribution in [0.2, 0.25) is 0 Å². The number of nitrogens with zero attached hydrogens (tertiary/aromatic N) is 1. The highest BCUT2D eigenvalue weighted by Crippen LogP contribution is 2.14. The zero-order chi connectivity index (χ0) is 20.2. The third-order valence-electron chi connectivity index (χ3n) is 3.33. The Labute approximate surface area is 165 Å². The van der Waals surface area contributed by atoms with Crippen LogP contribution in [-0.4, -0.2) is 46.6 Å². The first-order valence-corrected chi connectivity index (χ1v) is 8.81. The molecule has 0 aliphatic rings. The summed E-state index contributed by atoms with van der Waals surface area (Å²) in [6.45, 7) is 1.59. The number of aliphatic carboxylic acids is 2. The molecule has 0 heterocycles.